The Morgan fingerprint density at radius 1 is 1.37 bits per heavy atom. The predicted molar refractivity (Wildman–Crippen MR) is 82.9 cm³/mol. The number of nitrogen functional groups attached to an aromatic ring is 1. The van der Waals surface area contributed by atoms with E-state index in [0.29, 0.717) is 0 Å². The molecule has 1 aromatic heterocycles. The molecule has 5 heteroatoms. The Bertz CT molecular complexity index is 613. The molecule has 3 N–H and O–H groups in total. The lowest BCUT2D eigenvalue weighted by Crippen LogP contribution is -2.07. The molecule has 0 fully saturated rings. The number of fused-ring (bicyclic) bond motifs is 1. The predicted octanol–water partition coefficient (Wildman–Crippen LogP) is 2.31. The van der Waals surface area contributed by atoms with E-state index in [0.717, 1.165) is 46.7 Å². The van der Waals surface area contributed by atoms with Crippen molar-refractivity contribution in [1.29, 1.82) is 0 Å². The van der Waals surface area contributed by atoms with Crippen molar-refractivity contribution in [2.45, 2.75) is 13.3 Å². The van der Waals surface area contributed by atoms with Gasteiger partial charge in [0.15, 0.2) is 0 Å². The van der Waals surface area contributed by atoms with E-state index in [4.69, 9.17) is 5.73 Å². The third kappa shape index (κ3) is 3.67. The molecule has 0 aliphatic rings. The molecule has 2 rings (SSSR count). The fourth-order valence-corrected chi connectivity index (χ4v) is 2.57. The molecule has 19 heavy (non-hydrogen) atoms. The first-order chi connectivity index (χ1) is 9.06. The zero-order chi connectivity index (χ0) is 13.8. The average molecular weight is 277 g/mol. The van der Waals surface area contributed by atoms with Crippen LogP contribution in [0.4, 0.5) is 11.4 Å². The third-order valence-electron chi connectivity index (χ3n) is 2.88. The Morgan fingerprint density at radius 2 is 2.16 bits per heavy atom. The summed E-state index contributed by atoms with van der Waals surface area (Å²) in [5.41, 5.74) is 9.51. The Kier molecular flexibility index (Phi) is 4.37. The lowest BCUT2D eigenvalue weighted by Gasteiger charge is -2.11. The summed E-state index contributed by atoms with van der Waals surface area (Å²) in [6.07, 6.45) is 2.61. The highest BCUT2D eigenvalue weighted by molar-refractivity contribution is 7.84. The molecule has 1 aromatic carbocycles. The summed E-state index contributed by atoms with van der Waals surface area (Å²) in [6, 6.07) is 7.75. The Morgan fingerprint density at radius 3 is 2.89 bits per heavy atom. The Hall–Kier alpha value is -1.62. The highest BCUT2D eigenvalue weighted by Crippen LogP contribution is 2.25. The van der Waals surface area contributed by atoms with Crippen molar-refractivity contribution in [1.82, 2.24) is 4.98 Å². The van der Waals surface area contributed by atoms with Gasteiger partial charge in [-0.15, -0.1) is 0 Å². The molecule has 0 bridgehead atoms. The molecule has 2 aromatic rings. The topological polar surface area (TPSA) is 68.0 Å². The largest absolute Gasteiger partial charge is 0.399 e. The van der Waals surface area contributed by atoms with E-state index in [1.807, 2.05) is 31.2 Å². The summed E-state index contributed by atoms with van der Waals surface area (Å²) >= 11 is 0. The fraction of sp³-hybridized carbons (Fsp3) is 0.357. The molecule has 0 saturated carbocycles. The van der Waals surface area contributed by atoms with E-state index >= 15 is 0 Å². The van der Waals surface area contributed by atoms with Crippen LogP contribution in [0.5, 0.6) is 0 Å². The molecule has 4 nitrogen and oxygen atoms in total. The zero-order valence-corrected chi connectivity index (χ0v) is 12.1. The second-order valence-electron chi connectivity index (χ2n) is 4.65. The van der Waals surface area contributed by atoms with Crippen molar-refractivity contribution < 1.29 is 4.21 Å². The quantitative estimate of drug-likeness (QED) is 0.650. The molecule has 0 spiro atoms. The smallest absolute Gasteiger partial charge is 0.0727 e. The van der Waals surface area contributed by atoms with Gasteiger partial charge in [0.05, 0.1) is 5.52 Å². The van der Waals surface area contributed by atoms with Crippen LogP contribution in [0.15, 0.2) is 24.3 Å². The number of rotatable bonds is 5. The number of anilines is 2. The molecule has 0 amide bonds. The van der Waals surface area contributed by atoms with Crippen molar-refractivity contribution in [3.05, 3.63) is 30.0 Å². The maximum Gasteiger partial charge on any atom is 0.0727 e. The monoisotopic (exact) mass is 277 g/mol. The van der Waals surface area contributed by atoms with Crippen LogP contribution < -0.4 is 11.1 Å². The van der Waals surface area contributed by atoms with Crippen molar-refractivity contribution >= 4 is 33.1 Å². The van der Waals surface area contributed by atoms with E-state index in [1.165, 1.54) is 0 Å². The van der Waals surface area contributed by atoms with Crippen LogP contribution in [-0.2, 0) is 10.8 Å². The lowest BCUT2D eigenvalue weighted by molar-refractivity contribution is 0.685. The number of nitrogens with two attached hydrogens (primary N) is 1. The molecule has 102 valence electrons. The normalized spacial score (nSPS) is 12.5. The van der Waals surface area contributed by atoms with E-state index in [1.54, 1.807) is 6.26 Å². The fourth-order valence-electron chi connectivity index (χ4n) is 2.02. The summed E-state index contributed by atoms with van der Waals surface area (Å²) in [6.45, 7) is 2.77. The minimum Gasteiger partial charge on any atom is -0.399 e. The molecule has 0 aliphatic carbocycles. The van der Waals surface area contributed by atoms with Gasteiger partial charge in [-0.3, -0.25) is 9.19 Å². The SMILES string of the molecule is Cc1cc(NCCCS(C)=O)c2cc(N)ccc2n1. The van der Waals surface area contributed by atoms with Gasteiger partial charge in [-0.1, -0.05) is 0 Å². The van der Waals surface area contributed by atoms with Crippen molar-refractivity contribution in [2.24, 2.45) is 0 Å². The molecular formula is C14H19N3OS. The highest BCUT2D eigenvalue weighted by Gasteiger charge is 2.04. The summed E-state index contributed by atoms with van der Waals surface area (Å²) in [7, 11) is -0.731. The number of hydrogen-bond donors (Lipinski definition) is 2. The Labute approximate surface area is 115 Å². The van der Waals surface area contributed by atoms with Gasteiger partial charge >= 0.3 is 0 Å². The van der Waals surface area contributed by atoms with Gasteiger partial charge in [0.1, 0.15) is 0 Å². The molecule has 1 heterocycles. The van der Waals surface area contributed by atoms with E-state index in [-0.39, 0.29) is 0 Å². The number of pyridine rings is 1. The van der Waals surface area contributed by atoms with Crippen molar-refractivity contribution in [3.63, 3.8) is 0 Å². The van der Waals surface area contributed by atoms with Crippen LogP contribution in [0.3, 0.4) is 0 Å². The number of aryl methyl sites for hydroxylation is 1. The highest BCUT2D eigenvalue weighted by atomic mass is 32.2. The first kappa shape index (κ1) is 13.8. The molecular weight excluding hydrogens is 258 g/mol. The number of hydrogen-bond acceptors (Lipinski definition) is 4. The van der Waals surface area contributed by atoms with Crippen LogP contribution >= 0.6 is 0 Å². The minimum atomic E-state index is -0.731. The van der Waals surface area contributed by atoms with Gasteiger partial charge in [-0.2, -0.15) is 0 Å². The molecule has 0 saturated heterocycles. The van der Waals surface area contributed by atoms with E-state index < -0.39 is 10.8 Å². The van der Waals surface area contributed by atoms with Crippen LogP contribution in [0.1, 0.15) is 12.1 Å². The maximum atomic E-state index is 11.0. The second-order valence-corrected chi connectivity index (χ2v) is 6.20. The van der Waals surface area contributed by atoms with Gasteiger partial charge in [0, 0.05) is 51.8 Å². The van der Waals surface area contributed by atoms with Crippen LogP contribution in [0, 0.1) is 6.92 Å². The summed E-state index contributed by atoms with van der Waals surface area (Å²) in [5.74, 6) is 0.719. The van der Waals surface area contributed by atoms with Gasteiger partial charge in [-0.25, -0.2) is 0 Å². The number of aromatic nitrogens is 1. The third-order valence-corrected chi connectivity index (χ3v) is 3.75. The van der Waals surface area contributed by atoms with Crippen molar-refractivity contribution in [3.8, 4) is 0 Å². The summed E-state index contributed by atoms with van der Waals surface area (Å²) in [5, 5.41) is 4.41. The summed E-state index contributed by atoms with van der Waals surface area (Å²) in [4.78, 5) is 4.49. The first-order valence-corrected chi connectivity index (χ1v) is 8.00. The average Bonchev–Trinajstić information content (AvgIpc) is 2.35. The van der Waals surface area contributed by atoms with Crippen LogP contribution in [0.25, 0.3) is 10.9 Å². The molecule has 0 radical (unpaired) electrons. The standard InChI is InChI=1S/C14H19N3OS/c1-10-8-14(16-6-3-7-19(2)18)12-9-11(15)4-5-13(12)17-10/h4-5,8-9H,3,6-7,15H2,1-2H3,(H,16,17). The van der Waals surface area contributed by atoms with Gasteiger partial charge in [0.2, 0.25) is 0 Å². The van der Waals surface area contributed by atoms with Gasteiger partial charge in [0.25, 0.3) is 0 Å². The van der Waals surface area contributed by atoms with Crippen molar-refractivity contribution in [2.75, 3.05) is 29.6 Å². The van der Waals surface area contributed by atoms with E-state index in [9.17, 15) is 4.21 Å². The molecule has 1 atom stereocenters. The van der Waals surface area contributed by atoms with E-state index in [2.05, 4.69) is 10.3 Å². The second kappa shape index (κ2) is 6.02. The lowest BCUT2D eigenvalue weighted by atomic mass is 10.1. The Balaban J connectivity index is 2.21. The number of benzene rings is 1. The van der Waals surface area contributed by atoms with Gasteiger partial charge < -0.3 is 11.1 Å². The number of nitrogens with one attached hydrogen (secondary N) is 1. The molecule has 1 unspecified atom stereocenters. The van der Waals surface area contributed by atoms with Gasteiger partial charge in [-0.05, 0) is 37.6 Å². The minimum absolute atomic E-state index is 0.719. The maximum absolute atomic E-state index is 11.0. The zero-order valence-electron chi connectivity index (χ0n) is 11.3. The molecule has 0 aliphatic heterocycles. The number of nitrogens with zero attached hydrogens (tertiary/aromatic N) is 1. The van der Waals surface area contributed by atoms with Crippen LogP contribution in [-0.4, -0.2) is 27.7 Å². The summed E-state index contributed by atoms with van der Waals surface area (Å²) < 4.78 is 11.0. The van der Waals surface area contributed by atoms with Crippen LogP contribution in [0.2, 0.25) is 0 Å². The first-order valence-electron chi connectivity index (χ1n) is 6.27.